The average Bonchev–Trinajstić information content (AvgIpc) is 3.29. The fourth-order valence-corrected chi connectivity index (χ4v) is 4.31. The van der Waals surface area contributed by atoms with Crippen LogP contribution in [0.3, 0.4) is 0 Å². The summed E-state index contributed by atoms with van der Waals surface area (Å²) in [7, 11) is 0. The molecule has 0 atom stereocenters. The Hall–Kier alpha value is -3.17. The van der Waals surface area contributed by atoms with Crippen molar-refractivity contribution >= 4 is 31.5 Å². The van der Waals surface area contributed by atoms with Gasteiger partial charge in [0.05, 0.1) is 5.48 Å². The van der Waals surface area contributed by atoms with Crippen LogP contribution in [-0.4, -0.2) is 9.97 Å². The van der Waals surface area contributed by atoms with Crippen molar-refractivity contribution in [3.63, 3.8) is 0 Å². The first-order chi connectivity index (χ1) is 17.0. The van der Waals surface area contributed by atoms with Crippen LogP contribution in [-0.2, 0) is 20.1 Å². The Morgan fingerprint density at radius 1 is 0.750 bits per heavy atom. The second-order valence-corrected chi connectivity index (χ2v) is 7.75. The molecule has 0 amide bonds. The van der Waals surface area contributed by atoms with E-state index in [1.807, 2.05) is 72.8 Å². The molecule has 0 spiro atoms. The molecule has 0 aliphatic rings. The van der Waals surface area contributed by atoms with Gasteiger partial charge in [0.25, 0.3) is 0 Å². The van der Waals surface area contributed by atoms with Gasteiger partial charge in [-0.15, -0.1) is 59.7 Å². The molecule has 4 heteroatoms. The maximum absolute atomic E-state index is 8.03. The molecule has 0 saturated carbocycles. The van der Waals surface area contributed by atoms with Crippen molar-refractivity contribution in [1.29, 1.82) is 0 Å². The van der Waals surface area contributed by atoms with Gasteiger partial charge in [-0.1, -0.05) is 47.8 Å². The summed E-state index contributed by atoms with van der Waals surface area (Å²) in [5, 5.41) is 2.18. The molecule has 3 heterocycles. The fraction of sp³-hybridized carbons (Fsp3) is 0. The maximum atomic E-state index is 8.03. The molecule has 2 nitrogen and oxygen atoms in total. The monoisotopic (exact) mass is 611 g/mol. The van der Waals surface area contributed by atoms with Crippen LogP contribution in [0, 0.1) is 12.1 Å². The molecule has 157 valence electrons. The SMILES string of the molecule is [2H]c1nc(-c2[c-]cc3sc4ccccc4c3c2)c([2H])c([2H])c1[2H].[Ir].[c-]1ccccc1-c1ccccn1. The van der Waals surface area contributed by atoms with Crippen molar-refractivity contribution in [2.75, 3.05) is 0 Å². The molecule has 3 aromatic carbocycles. The van der Waals surface area contributed by atoms with E-state index in [-0.39, 0.29) is 50.1 Å². The molecular formula is C28H18IrN2S-2. The second kappa shape index (κ2) is 10.4. The Bertz CT molecular complexity index is 1600. The van der Waals surface area contributed by atoms with Crippen molar-refractivity contribution in [3.8, 4) is 22.5 Å². The minimum Gasteiger partial charge on any atom is -0.305 e. The van der Waals surface area contributed by atoms with Crippen LogP contribution in [0.25, 0.3) is 42.7 Å². The Morgan fingerprint density at radius 3 is 2.47 bits per heavy atom. The molecule has 0 aliphatic heterocycles. The van der Waals surface area contributed by atoms with E-state index in [0.717, 1.165) is 26.7 Å². The summed E-state index contributed by atoms with van der Waals surface area (Å²) in [6.07, 6.45) is 1.50. The first-order valence-corrected chi connectivity index (χ1v) is 10.5. The first kappa shape index (κ1) is 17.4. The number of benzene rings is 3. The van der Waals surface area contributed by atoms with Crippen LogP contribution >= 0.6 is 11.3 Å². The third-order valence-corrected chi connectivity index (χ3v) is 5.82. The quantitative estimate of drug-likeness (QED) is 0.190. The van der Waals surface area contributed by atoms with Crippen LogP contribution in [0.2, 0.25) is 0 Å². The number of pyridine rings is 2. The summed E-state index contributed by atoms with van der Waals surface area (Å²) in [6, 6.07) is 31.0. The van der Waals surface area contributed by atoms with Crippen molar-refractivity contribution in [3.05, 3.63) is 121 Å². The van der Waals surface area contributed by atoms with Gasteiger partial charge in [-0.3, -0.25) is 0 Å². The van der Waals surface area contributed by atoms with E-state index in [4.69, 9.17) is 5.48 Å². The van der Waals surface area contributed by atoms with Gasteiger partial charge in [-0.05, 0) is 39.6 Å². The number of thiophene rings is 1. The van der Waals surface area contributed by atoms with Gasteiger partial charge in [0.15, 0.2) is 0 Å². The van der Waals surface area contributed by atoms with E-state index in [2.05, 4.69) is 28.2 Å². The predicted molar refractivity (Wildman–Crippen MR) is 130 cm³/mol. The number of aromatic nitrogens is 2. The van der Waals surface area contributed by atoms with Gasteiger partial charge < -0.3 is 9.97 Å². The summed E-state index contributed by atoms with van der Waals surface area (Å²) in [6.45, 7) is 0. The molecule has 0 fully saturated rings. The number of nitrogens with zero attached hydrogens (tertiary/aromatic N) is 2. The van der Waals surface area contributed by atoms with Crippen LogP contribution in [0.4, 0.5) is 0 Å². The zero-order valence-corrected chi connectivity index (χ0v) is 19.9. The van der Waals surface area contributed by atoms with Gasteiger partial charge in [0.1, 0.15) is 0 Å². The normalized spacial score (nSPS) is 12.0. The minimum absolute atomic E-state index is 0. The molecule has 1 radical (unpaired) electrons. The summed E-state index contributed by atoms with van der Waals surface area (Å²) in [5.41, 5.74) is 2.82. The predicted octanol–water partition coefficient (Wildman–Crippen LogP) is 7.46. The van der Waals surface area contributed by atoms with E-state index in [1.54, 1.807) is 17.5 Å². The van der Waals surface area contributed by atoms with E-state index in [0.29, 0.717) is 5.56 Å². The van der Waals surface area contributed by atoms with Gasteiger partial charge in [-0.2, -0.15) is 11.3 Å². The number of fused-ring (bicyclic) bond motifs is 3. The van der Waals surface area contributed by atoms with Gasteiger partial charge in [0.2, 0.25) is 0 Å². The molecule has 6 rings (SSSR count). The van der Waals surface area contributed by atoms with Gasteiger partial charge in [-0.25, -0.2) is 0 Å². The number of hydrogen-bond acceptors (Lipinski definition) is 3. The number of rotatable bonds is 2. The first-order valence-electron chi connectivity index (χ1n) is 11.7. The van der Waals surface area contributed by atoms with E-state index < -0.39 is 0 Å². The van der Waals surface area contributed by atoms with E-state index in [1.165, 1.54) is 4.70 Å². The van der Waals surface area contributed by atoms with Crippen LogP contribution in [0.5, 0.6) is 0 Å². The van der Waals surface area contributed by atoms with Gasteiger partial charge >= 0.3 is 0 Å². The Labute approximate surface area is 210 Å². The topological polar surface area (TPSA) is 25.8 Å². The smallest absolute Gasteiger partial charge is 0.0830 e. The van der Waals surface area contributed by atoms with E-state index >= 15 is 0 Å². The summed E-state index contributed by atoms with van der Waals surface area (Å²) in [4.78, 5) is 8.24. The third-order valence-electron chi connectivity index (χ3n) is 4.68. The van der Waals surface area contributed by atoms with Crippen LogP contribution in [0.1, 0.15) is 5.48 Å². The molecule has 0 bridgehead atoms. The zero-order valence-electron chi connectivity index (χ0n) is 20.7. The average molecular weight is 611 g/mol. The second-order valence-electron chi connectivity index (χ2n) is 6.66. The Kier molecular flexibility index (Phi) is 5.67. The summed E-state index contributed by atoms with van der Waals surface area (Å²) in [5.74, 6) is 0. The van der Waals surface area contributed by atoms with Gasteiger partial charge in [0, 0.05) is 37.2 Å². The molecule has 0 saturated heterocycles. The van der Waals surface area contributed by atoms with E-state index in [9.17, 15) is 0 Å². The molecule has 3 aromatic heterocycles. The molecular weight excluding hydrogens is 589 g/mol. The summed E-state index contributed by atoms with van der Waals surface area (Å²) >= 11 is 1.68. The number of hydrogen-bond donors (Lipinski definition) is 0. The third kappa shape index (κ3) is 4.84. The zero-order chi connectivity index (χ0) is 24.4. The van der Waals surface area contributed by atoms with Crippen LogP contribution in [0.15, 0.2) is 109 Å². The standard InChI is InChI=1S/C17H10NS.C11H8N.Ir/c1-2-7-16-13(5-1)14-11-12(8-9-17(14)19-16)15-6-3-4-10-18-15;1-2-6-10(7-3-1)11-8-4-5-9-12-11;/h1-7,9-11H;1-6,8-9H;/q2*-1;/i3D,4D,6D,10D;;. The Balaban J connectivity index is 0.000000198. The minimum atomic E-state index is -0.319. The van der Waals surface area contributed by atoms with Crippen molar-refractivity contribution < 1.29 is 25.6 Å². The van der Waals surface area contributed by atoms with Crippen LogP contribution < -0.4 is 0 Å². The van der Waals surface area contributed by atoms with Crippen molar-refractivity contribution in [2.45, 2.75) is 0 Å². The molecule has 6 aromatic rings. The van der Waals surface area contributed by atoms with Crippen molar-refractivity contribution in [1.82, 2.24) is 9.97 Å². The fourth-order valence-electron chi connectivity index (χ4n) is 3.24. The summed E-state index contributed by atoms with van der Waals surface area (Å²) < 4.78 is 33.4. The molecule has 0 N–H and O–H groups in total. The molecule has 32 heavy (non-hydrogen) atoms. The largest absolute Gasteiger partial charge is 0.305 e. The molecule has 0 unspecified atom stereocenters. The van der Waals surface area contributed by atoms with Crippen molar-refractivity contribution in [2.24, 2.45) is 0 Å². The molecule has 0 aliphatic carbocycles. The Morgan fingerprint density at radius 2 is 1.62 bits per heavy atom. The maximum Gasteiger partial charge on any atom is 0.0830 e.